The number of alkyl halides is 3. The Kier molecular flexibility index (Phi) is 2.94. The topological polar surface area (TPSA) is 21.3 Å². The molecule has 0 radical (unpaired) electrons. The summed E-state index contributed by atoms with van der Waals surface area (Å²) >= 11 is 0. The van der Waals surface area contributed by atoms with Gasteiger partial charge in [-0.1, -0.05) is 12.1 Å². The lowest BCUT2D eigenvalue weighted by Gasteiger charge is -2.21. The minimum atomic E-state index is -4.29. The lowest BCUT2D eigenvalue weighted by molar-refractivity contribution is -0.153. The predicted octanol–water partition coefficient (Wildman–Crippen LogP) is 2.99. The first kappa shape index (κ1) is 11.1. The Morgan fingerprint density at radius 3 is 2.88 bits per heavy atom. The molecule has 16 heavy (non-hydrogen) atoms. The molecule has 0 spiro atoms. The van der Waals surface area contributed by atoms with Crippen molar-refractivity contribution < 1.29 is 17.9 Å². The van der Waals surface area contributed by atoms with Crippen molar-refractivity contribution in [3.05, 3.63) is 23.8 Å². The summed E-state index contributed by atoms with van der Waals surface area (Å²) in [4.78, 5) is 0. The highest BCUT2D eigenvalue weighted by molar-refractivity contribution is 5.63. The van der Waals surface area contributed by atoms with Crippen LogP contribution in [0.5, 0.6) is 5.75 Å². The number of para-hydroxylation sites is 1. The molecule has 0 fully saturated rings. The Balaban J connectivity index is 2.15. The van der Waals surface area contributed by atoms with Crippen LogP contribution in [-0.2, 0) is 6.42 Å². The van der Waals surface area contributed by atoms with Gasteiger partial charge in [-0.3, -0.25) is 0 Å². The zero-order chi connectivity index (χ0) is 11.6. The second-order valence-electron chi connectivity index (χ2n) is 3.72. The second kappa shape index (κ2) is 4.23. The summed E-state index contributed by atoms with van der Waals surface area (Å²) in [5.41, 5.74) is 1.73. The van der Waals surface area contributed by atoms with E-state index in [4.69, 9.17) is 4.74 Å². The molecule has 5 heteroatoms. The van der Waals surface area contributed by atoms with Crippen LogP contribution in [0.15, 0.2) is 18.2 Å². The summed E-state index contributed by atoms with van der Waals surface area (Å²) in [6.45, 7) is -0.468. The van der Waals surface area contributed by atoms with Crippen molar-refractivity contribution in [3.8, 4) is 5.75 Å². The predicted molar refractivity (Wildman–Crippen MR) is 54.8 cm³/mol. The van der Waals surface area contributed by atoms with E-state index < -0.39 is 12.8 Å². The number of hydrogen-bond donors (Lipinski definition) is 1. The third-order valence-corrected chi connectivity index (χ3v) is 2.43. The van der Waals surface area contributed by atoms with Crippen molar-refractivity contribution in [1.82, 2.24) is 0 Å². The van der Waals surface area contributed by atoms with Crippen LogP contribution in [-0.4, -0.2) is 19.3 Å². The SMILES string of the molecule is FC(F)(F)COc1cccc2c1NCCC2. The summed E-state index contributed by atoms with van der Waals surface area (Å²) in [5, 5.41) is 3.08. The fourth-order valence-electron chi connectivity index (χ4n) is 1.76. The molecule has 0 aliphatic carbocycles. The summed E-state index contributed by atoms with van der Waals surface area (Å²) < 4.78 is 40.9. The second-order valence-corrected chi connectivity index (χ2v) is 3.72. The molecule has 0 saturated heterocycles. The van der Waals surface area contributed by atoms with E-state index in [1.54, 1.807) is 12.1 Å². The van der Waals surface area contributed by atoms with E-state index in [9.17, 15) is 13.2 Å². The van der Waals surface area contributed by atoms with Crippen LogP contribution in [0.4, 0.5) is 18.9 Å². The summed E-state index contributed by atoms with van der Waals surface area (Å²) in [6, 6.07) is 5.18. The molecule has 1 heterocycles. The fourth-order valence-corrected chi connectivity index (χ4v) is 1.76. The number of rotatable bonds is 2. The van der Waals surface area contributed by atoms with Crippen LogP contribution in [0.3, 0.4) is 0 Å². The molecule has 1 aliphatic rings. The molecule has 0 unspecified atom stereocenters. The van der Waals surface area contributed by atoms with Gasteiger partial charge in [0.05, 0.1) is 5.69 Å². The fraction of sp³-hybridized carbons (Fsp3) is 0.455. The van der Waals surface area contributed by atoms with Gasteiger partial charge in [0.1, 0.15) is 5.75 Å². The van der Waals surface area contributed by atoms with Crippen LogP contribution in [0.1, 0.15) is 12.0 Å². The number of halogens is 3. The van der Waals surface area contributed by atoms with Crippen molar-refractivity contribution in [2.75, 3.05) is 18.5 Å². The molecule has 0 bridgehead atoms. The summed E-state index contributed by atoms with van der Waals surface area (Å²) in [7, 11) is 0. The van der Waals surface area contributed by atoms with Crippen LogP contribution < -0.4 is 10.1 Å². The smallest absolute Gasteiger partial charge is 0.422 e. The first-order chi connectivity index (χ1) is 7.56. The molecular weight excluding hydrogens is 219 g/mol. The van der Waals surface area contributed by atoms with Gasteiger partial charge in [0.2, 0.25) is 0 Å². The number of fused-ring (bicyclic) bond motifs is 1. The minimum Gasteiger partial charge on any atom is -0.482 e. The Labute approximate surface area is 91.4 Å². The van der Waals surface area contributed by atoms with Gasteiger partial charge < -0.3 is 10.1 Å². The first-order valence-corrected chi connectivity index (χ1v) is 5.11. The summed E-state index contributed by atoms with van der Waals surface area (Å²) in [6.07, 6.45) is -2.42. The van der Waals surface area contributed by atoms with Gasteiger partial charge in [-0.25, -0.2) is 0 Å². The molecule has 0 saturated carbocycles. The maximum Gasteiger partial charge on any atom is 0.422 e. The van der Waals surface area contributed by atoms with Gasteiger partial charge in [-0.15, -0.1) is 0 Å². The molecule has 0 aromatic heterocycles. The van der Waals surface area contributed by atoms with E-state index in [-0.39, 0.29) is 5.75 Å². The van der Waals surface area contributed by atoms with E-state index in [1.807, 2.05) is 6.07 Å². The number of benzene rings is 1. The highest BCUT2D eigenvalue weighted by atomic mass is 19.4. The highest BCUT2D eigenvalue weighted by Crippen LogP contribution is 2.32. The van der Waals surface area contributed by atoms with Crippen molar-refractivity contribution in [2.24, 2.45) is 0 Å². The number of hydrogen-bond acceptors (Lipinski definition) is 2. The third kappa shape index (κ3) is 2.59. The van der Waals surface area contributed by atoms with Gasteiger partial charge in [-0.05, 0) is 24.5 Å². The van der Waals surface area contributed by atoms with Crippen LogP contribution in [0, 0.1) is 0 Å². The van der Waals surface area contributed by atoms with Crippen molar-refractivity contribution >= 4 is 5.69 Å². The molecule has 1 aliphatic heterocycles. The Hall–Kier alpha value is -1.39. The molecule has 2 nitrogen and oxygen atoms in total. The van der Waals surface area contributed by atoms with E-state index in [1.165, 1.54) is 0 Å². The first-order valence-electron chi connectivity index (χ1n) is 5.11. The average molecular weight is 231 g/mol. The van der Waals surface area contributed by atoms with E-state index >= 15 is 0 Å². The molecule has 0 atom stereocenters. The lowest BCUT2D eigenvalue weighted by Crippen LogP contribution is -2.21. The molecule has 88 valence electrons. The zero-order valence-electron chi connectivity index (χ0n) is 8.60. The molecular formula is C11H12F3NO. The van der Waals surface area contributed by atoms with Crippen LogP contribution in [0.25, 0.3) is 0 Å². The third-order valence-electron chi connectivity index (χ3n) is 2.43. The van der Waals surface area contributed by atoms with Gasteiger partial charge in [0.15, 0.2) is 6.61 Å². The van der Waals surface area contributed by atoms with E-state index in [0.717, 1.165) is 24.9 Å². The Morgan fingerprint density at radius 2 is 2.12 bits per heavy atom. The monoisotopic (exact) mass is 231 g/mol. The quantitative estimate of drug-likeness (QED) is 0.844. The van der Waals surface area contributed by atoms with Crippen molar-refractivity contribution in [2.45, 2.75) is 19.0 Å². The largest absolute Gasteiger partial charge is 0.482 e. The zero-order valence-corrected chi connectivity index (χ0v) is 8.60. The van der Waals surface area contributed by atoms with Crippen LogP contribution in [0.2, 0.25) is 0 Å². The van der Waals surface area contributed by atoms with E-state index in [2.05, 4.69) is 5.32 Å². The van der Waals surface area contributed by atoms with Crippen molar-refractivity contribution in [1.29, 1.82) is 0 Å². The molecule has 1 N–H and O–H groups in total. The Bertz CT molecular complexity index is 376. The standard InChI is InChI=1S/C11H12F3NO/c12-11(13,14)7-16-9-5-1-3-8-4-2-6-15-10(8)9/h1,3,5,15H,2,4,6-7H2. The van der Waals surface area contributed by atoms with Gasteiger partial charge in [0.25, 0.3) is 0 Å². The maximum atomic E-state index is 12.0. The van der Waals surface area contributed by atoms with Crippen LogP contribution >= 0.6 is 0 Å². The molecule has 2 rings (SSSR count). The number of aryl methyl sites for hydroxylation is 1. The minimum absolute atomic E-state index is 0.287. The Morgan fingerprint density at radius 1 is 1.31 bits per heavy atom. The molecule has 1 aromatic carbocycles. The van der Waals surface area contributed by atoms with Gasteiger partial charge >= 0.3 is 6.18 Å². The van der Waals surface area contributed by atoms with Gasteiger partial charge in [-0.2, -0.15) is 13.2 Å². The number of nitrogens with one attached hydrogen (secondary N) is 1. The molecule has 1 aromatic rings. The highest BCUT2D eigenvalue weighted by Gasteiger charge is 2.29. The number of anilines is 1. The molecule has 0 amide bonds. The van der Waals surface area contributed by atoms with Gasteiger partial charge in [0, 0.05) is 6.54 Å². The average Bonchev–Trinajstić information content (AvgIpc) is 2.25. The summed E-state index contributed by atoms with van der Waals surface area (Å²) in [5.74, 6) is 0.287. The number of ether oxygens (including phenoxy) is 1. The normalized spacial score (nSPS) is 15.2. The maximum absolute atomic E-state index is 12.0. The lowest BCUT2D eigenvalue weighted by atomic mass is 10.0. The van der Waals surface area contributed by atoms with Crippen molar-refractivity contribution in [3.63, 3.8) is 0 Å². The van der Waals surface area contributed by atoms with E-state index in [0.29, 0.717) is 5.69 Å².